The predicted octanol–water partition coefficient (Wildman–Crippen LogP) is 5.01. The number of benzene rings is 1. The molecule has 2 rings (SSSR count). The molecule has 1 heterocycles. The first kappa shape index (κ1) is 14.9. The lowest BCUT2D eigenvalue weighted by atomic mass is 9.89. The van der Waals surface area contributed by atoms with Crippen molar-refractivity contribution in [2.45, 2.75) is 56.3 Å². The van der Waals surface area contributed by atoms with Gasteiger partial charge in [0.15, 0.2) is 0 Å². The van der Waals surface area contributed by atoms with Crippen LogP contribution in [0, 0.1) is 11.8 Å². The van der Waals surface area contributed by atoms with Gasteiger partial charge in [0.2, 0.25) is 0 Å². The molecule has 0 spiro atoms. The number of ether oxygens (including phenoxy) is 1. The second-order valence-corrected chi connectivity index (χ2v) is 7.60. The highest BCUT2D eigenvalue weighted by Gasteiger charge is 2.44. The Morgan fingerprint density at radius 3 is 2.63 bits per heavy atom. The van der Waals surface area contributed by atoms with Crippen LogP contribution in [0.25, 0.3) is 0 Å². The van der Waals surface area contributed by atoms with E-state index in [2.05, 4.69) is 58.0 Å². The van der Waals surface area contributed by atoms with Crippen LogP contribution in [0.4, 0.5) is 0 Å². The first-order chi connectivity index (χ1) is 9.01. The molecule has 0 N–H and O–H groups in total. The van der Waals surface area contributed by atoms with Crippen LogP contribution in [0.3, 0.4) is 0 Å². The quantitative estimate of drug-likeness (QED) is 0.749. The average Bonchev–Trinajstić information content (AvgIpc) is 2.67. The summed E-state index contributed by atoms with van der Waals surface area (Å²) in [6, 6.07) is 10.7. The molecule has 0 aliphatic carbocycles. The minimum absolute atomic E-state index is 0.0319. The highest BCUT2D eigenvalue weighted by atomic mass is 32.2. The topological polar surface area (TPSA) is 9.23 Å². The fourth-order valence-electron chi connectivity index (χ4n) is 2.77. The maximum Gasteiger partial charge on any atom is 0.0779 e. The van der Waals surface area contributed by atoms with Gasteiger partial charge in [0.1, 0.15) is 0 Å². The van der Waals surface area contributed by atoms with Crippen LogP contribution >= 0.6 is 11.8 Å². The fourth-order valence-corrected chi connectivity index (χ4v) is 4.12. The van der Waals surface area contributed by atoms with Crippen molar-refractivity contribution < 1.29 is 4.74 Å². The summed E-state index contributed by atoms with van der Waals surface area (Å²) in [5.41, 5.74) is 0.0319. The molecule has 0 radical (unpaired) electrons. The van der Waals surface area contributed by atoms with E-state index in [0.717, 1.165) is 12.5 Å². The Hall–Kier alpha value is -0.470. The summed E-state index contributed by atoms with van der Waals surface area (Å²) in [7, 11) is 0. The standard InChI is InChI=1S/C17H26OS/c1-13(2)10-11-17(4)16(14(3)12-18-17)19-15-8-6-5-7-9-15/h5-9,13-14,16H,10-12H2,1-4H3/t14-,16-,17-/m1/s1. The van der Waals surface area contributed by atoms with Crippen molar-refractivity contribution in [3.8, 4) is 0 Å². The Morgan fingerprint density at radius 1 is 1.32 bits per heavy atom. The van der Waals surface area contributed by atoms with Gasteiger partial charge >= 0.3 is 0 Å². The molecular formula is C17H26OS. The van der Waals surface area contributed by atoms with Gasteiger partial charge in [-0.3, -0.25) is 0 Å². The smallest absolute Gasteiger partial charge is 0.0779 e. The molecule has 0 saturated carbocycles. The van der Waals surface area contributed by atoms with E-state index in [1.807, 2.05) is 11.8 Å². The molecule has 1 aliphatic rings. The molecule has 106 valence electrons. The van der Waals surface area contributed by atoms with Crippen molar-refractivity contribution >= 4 is 11.8 Å². The van der Waals surface area contributed by atoms with Crippen molar-refractivity contribution in [1.82, 2.24) is 0 Å². The molecule has 1 aliphatic heterocycles. The first-order valence-electron chi connectivity index (χ1n) is 7.37. The van der Waals surface area contributed by atoms with Gasteiger partial charge in [-0.15, -0.1) is 11.8 Å². The zero-order valence-corrected chi connectivity index (χ0v) is 13.4. The van der Waals surface area contributed by atoms with Crippen LogP contribution in [-0.4, -0.2) is 17.5 Å². The molecule has 0 aromatic heterocycles. The van der Waals surface area contributed by atoms with Crippen molar-refractivity contribution in [3.63, 3.8) is 0 Å². The van der Waals surface area contributed by atoms with Gasteiger partial charge in [0.05, 0.1) is 12.2 Å². The van der Waals surface area contributed by atoms with Crippen molar-refractivity contribution in [1.29, 1.82) is 0 Å². The van der Waals surface area contributed by atoms with E-state index in [9.17, 15) is 0 Å². The van der Waals surface area contributed by atoms with E-state index in [4.69, 9.17) is 4.74 Å². The predicted molar refractivity (Wildman–Crippen MR) is 83.7 cm³/mol. The van der Waals surface area contributed by atoms with Crippen LogP contribution in [0.15, 0.2) is 35.2 Å². The van der Waals surface area contributed by atoms with Crippen molar-refractivity contribution in [2.75, 3.05) is 6.61 Å². The first-order valence-corrected chi connectivity index (χ1v) is 8.25. The van der Waals surface area contributed by atoms with Gasteiger partial charge in [-0.25, -0.2) is 0 Å². The fraction of sp³-hybridized carbons (Fsp3) is 0.647. The number of thioether (sulfide) groups is 1. The van der Waals surface area contributed by atoms with E-state index in [1.54, 1.807) is 0 Å². The minimum Gasteiger partial charge on any atom is -0.374 e. The summed E-state index contributed by atoms with van der Waals surface area (Å²) in [6.07, 6.45) is 2.41. The van der Waals surface area contributed by atoms with E-state index in [1.165, 1.54) is 17.7 Å². The summed E-state index contributed by atoms with van der Waals surface area (Å²) in [5, 5.41) is 0.564. The van der Waals surface area contributed by atoms with Crippen LogP contribution in [0.5, 0.6) is 0 Å². The maximum absolute atomic E-state index is 6.17. The lowest BCUT2D eigenvalue weighted by molar-refractivity contribution is 0.0111. The summed E-state index contributed by atoms with van der Waals surface area (Å²) >= 11 is 1.99. The van der Waals surface area contributed by atoms with Crippen molar-refractivity contribution in [3.05, 3.63) is 30.3 Å². The zero-order chi connectivity index (χ0) is 13.9. The average molecular weight is 278 g/mol. The van der Waals surface area contributed by atoms with Gasteiger partial charge in [-0.1, -0.05) is 39.0 Å². The van der Waals surface area contributed by atoms with Gasteiger partial charge in [0.25, 0.3) is 0 Å². The summed E-state index contributed by atoms with van der Waals surface area (Å²) in [4.78, 5) is 1.36. The van der Waals surface area contributed by atoms with Crippen molar-refractivity contribution in [2.24, 2.45) is 11.8 Å². The highest BCUT2D eigenvalue weighted by molar-refractivity contribution is 8.00. The molecule has 1 fully saturated rings. The minimum atomic E-state index is 0.0319. The van der Waals surface area contributed by atoms with E-state index in [-0.39, 0.29) is 5.60 Å². The Kier molecular flexibility index (Phi) is 4.97. The Morgan fingerprint density at radius 2 is 2.00 bits per heavy atom. The largest absolute Gasteiger partial charge is 0.374 e. The third-order valence-electron chi connectivity index (χ3n) is 4.02. The SMILES string of the molecule is CC(C)CC[C@@]1(C)OC[C@@H](C)[C@H]1Sc1ccccc1. The second-order valence-electron chi connectivity index (χ2n) is 6.38. The highest BCUT2D eigenvalue weighted by Crippen LogP contribution is 2.44. The molecule has 2 heteroatoms. The lowest BCUT2D eigenvalue weighted by Gasteiger charge is -2.32. The van der Waals surface area contributed by atoms with E-state index < -0.39 is 0 Å². The molecule has 19 heavy (non-hydrogen) atoms. The van der Waals surface area contributed by atoms with Gasteiger partial charge in [-0.05, 0) is 43.7 Å². The molecule has 1 saturated heterocycles. The lowest BCUT2D eigenvalue weighted by Crippen LogP contribution is -2.36. The number of rotatable bonds is 5. The molecule has 1 aromatic rings. The second kappa shape index (κ2) is 6.32. The van der Waals surface area contributed by atoms with Gasteiger partial charge in [0, 0.05) is 10.1 Å². The molecule has 0 amide bonds. The molecular weight excluding hydrogens is 252 g/mol. The van der Waals surface area contributed by atoms with Gasteiger partial charge in [-0.2, -0.15) is 0 Å². The summed E-state index contributed by atoms with van der Waals surface area (Å²) < 4.78 is 6.17. The van der Waals surface area contributed by atoms with Gasteiger partial charge < -0.3 is 4.74 Å². The third kappa shape index (κ3) is 3.76. The third-order valence-corrected chi connectivity index (χ3v) is 5.78. The summed E-state index contributed by atoms with van der Waals surface area (Å²) in [5.74, 6) is 1.38. The molecule has 1 nitrogen and oxygen atoms in total. The van der Waals surface area contributed by atoms with E-state index in [0.29, 0.717) is 11.2 Å². The van der Waals surface area contributed by atoms with Crippen LogP contribution in [-0.2, 0) is 4.74 Å². The monoisotopic (exact) mass is 278 g/mol. The van der Waals surface area contributed by atoms with E-state index >= 15 is 0 Å². The Balaban J connectivity index is 2.06. The zero-order valence-electron chi connectivity index (χ0n) is 12.6. The van der Waals surface area contributed by atoms with Crippen LogP contribution in [0.2, 0.25) is 0 Å². The number of hydrogen-bond acceptors (Lipinski definition) is 2. The molecule has 3 atom stereocenters. The van der Waals surface area contributed by atoms with Crippen LogP contribution in [0.1, 0.15) is 40.5 Å². The Labute approximate surface area is 122 Å². The normalized spacial score (nSPS) is 31.0. The molecule has 0 bridgehead atoms. The molecule has 0 unspecified atom stereocenters. The number of hydrogen-bond donors (Lipinski definition) is 0. The van der Waals surface area contributed by atoms with Crippen LogP contribution < -0.4 is 0 Å². The maximum atomic E-state index is 6.17. The Bertz CT molecular complexity index is 390. The summed E-state index contributed by atoms with van der Waals surface area (Å²) in [6.45, 7) is 10.1. The molecule has 1 aromatic carbocycles.